The summed E-state index contributed by atoms with van der Waals surface area (Å²) in [4.78, 5) is 12.3. The third-order valence-electron chi connectivity index (χ3n) is 4.00. The van der Waals surface area contributed by atoms with Gasteiger partial charge in [0, 0.05) is 29.7 Å². The van der Waals surface area contributed by atoms with Gasteiger partial charge in [-0.3, -0.25) is 4.79 Å². The fourth-order valence-corrected chi connectivity index (χ4v) is 4.29. The van der Waals surface area contributed by atoms with E-state index in [9.17, 15) is 13.2 Å². The number of sulfonamides is 1. The Morgan fingerprint density at radius 1 is 1.14 bits per heavy atom. The molecule has 0 aliphatic heterocycles. The number of carbonyl (C=O) groups excluding carboxylic acids is 1. The van der Waals surface area contributed by atoms with E-state index in [1.165, 1.54) is 18.2 Å². The van der Waals surface area contributed by atoms with Crippen LogP contribution in [0.1, 0.15) is 17.5 Å². The lowest BCUT2D eigenvalue weighted by Crippen LogP contribution is -2.40. The summed E-state index contributed by atoms with van der Waals surface area (Å²) in [5.41, 5.74) is 1.46. The van der Waals surface area contributed by atoms with Crippen LogP contribution in [-0.2, 0) is 21.4 Å². The van der Waals surface area contributed by atoms with E-state index in [1.807, 2.05) is 6.92 Å². The van der Waals surface area contributed by atoms with Crippen molar-refractivity contribution in [2.24, 2.45) is 0 Å². The second-order valence-electron chi connectivity index (χ2n) is 6.25. The molecular formula is C19H22Cl2N2O4S. The van der Waals surface area contributed by atoms with Crippen molar-refractivity contribution in [3.8, 4) is 0 Å². The number of nitrogens with zero attached hydrogens (tertiary/aromatic N) is 1. The van der Waals surface area contributed by atoms with Crippen molar-refractivity contribution in [1.29, 1.82) is 0 Å². The summed E-state index contributed by atoms with van der Waals surface area (Å²) in [5.74, 6) is -0.464. The van der Waals surface area contributed by atoms with Gasteiger partial charge in [-0.05, 0) is 43.2 Å². The largest absolute Gasteiger partial charge is 0.396 e. The highest BCUT2D eigenvalue weighted by atomic mass is 35.5. The highest BCUT2D eigenvalue weighted by molar-refractivity contribution is 7.89. The number of carbonyl (C=O) groups is 1. The van der Waals surface area contributed by atoms with Gasteiger partial charge < -0.3 is 10.4 Å². The molecule has 9 heteroatoms. The Kier molecular flexibility index (Phi) is 8.27. The number of nitrogens with one attached hydrogen (secondary N) is 1. The second kappa shape index (κ2) is 10.2. The maximum Gasteiger partial charge on any atom is 0.243 e. The van der Waals surface area contributed by atoms with Crippen LogP contribution in [0.15, 0.2) is 47.4 Å². The summed E-state index contributed by atoms with van der Waals surface area (Å²) in [6.45, 7) is 1.60. The first-order chi connectivity index (χ1) is 13.2. The van der Waals surface area contributed by atoms with Crippen molar-refractivity contribution in [1.82, 2.24) is 9.62 Å². The molecule has 0 spiro atoms. The molecule has 6 nitrogen and oxygen atoms in total. The van der Waals surface area contributed by atoms with Crippen molar-refractivity contribution in [2.75, 3.05) is 19.7 Å². The van der Waals surface area contributed by atoms with Crippen molar-refractivity contribution < 1.29 is 18.3 Å². The Labute approximate surface area is 175 Å². The average molecular weight is 445 g/mol. The molecule has 0 aromatic heterocycles. The first kappa shape index (κ1) is 22.6. The van der Waals surface area contributed by atoms with Crippen LogP contribution in [0.5, 0.6) is 0 Å². The molecule has 2 rings (SSSR count). The second-order valence-corrected chi connectivity index (χ2v) is 9.03. The van der Waals surface area contributed by atoms with Crippen LogP contribution in [0, 0.1) is 6.92 Å². The van der Waals surface area contributed by atoms with E-state index in [1.54, 1.807) is 24.3 Å². The normalized spacial score (nSPS) is 11.6. The first-order valence-corrected chi connectivity index (χ1v) is 10.8. The maximum atomic E-state index is 13.1. The first-order valence-electron chi connectivity index (χ1n) is 8.62. The highest BCUT2D eigenvalue weighted by Gasteiger charge is 2.27. The molecular weight excluding hydrogens is 423 g/mol. The standard InChI is InChI=1S/C19H22Cl2N2O4S/c1-14-3-7-17(8-4-14)28(26,27)23(13-19(25)22-9-2-10-24)12-15-5-6-16(20)11-18(15)21/h3-8,11,24H,2,9-10,12-13H2,1H3,(H,22,25). The van der Waals surface area contributed by atoms with Crippen LogP contribution in [0.25, 0.3) is 0 Å². The molecule has 0 heterocycles. The molecule has 0 saturated carbocycles. The number of amides is 1. The smallest absolute Gasteiger partial charge is 0.243 e. The number of hydrogen-bond donors (Lipinski definition) is 2. The van der Waals surface area contributed by atoms with E-state index in [-0.39, 0.29) is 31.1 Å². The minimum atomic E-state index is -3.94. The zero-order valence-corrected chi connectivity index (χ0v) is 17.7. The molecule has 28 heavy (non-hydrogen) atoms. The van der Waals surface area contributed by atoms with Crippen LogP contribution in [0.4, 0.5) is 0 Å². The molecule has 0 aliphatic rings. The number of hydrogen-bond acceptors (Lipinski definition) is 4. The van der Waals surface area contributed by atoms with E-state index in [0.29, 0.717) is 22.0 Å². The molecule has 0 fully saturated rings. The Bertz CT molecular complexity index is 918. The lowest BCUT2D eigenvalue weighted by Gasteiger charge is -2.22. The summed E-state index contributed by atoms with van der Waals surface area (Å²) in [7, 11) is -3.94. The van der Waals surface area contributed by atoms with Gasteiger partial charge >= 0.3 is 0 Å². The van der Waals surface area contributed by atoms with Gasteiger partial charge in [-0.1, -0.05) is 47.0 Å². The van der Waals surface area contributed by atoms with E-state index < -0.39 is 15.9 Å². The number of aliphatic hydroxyl groups excluding tert-OH is 1. The quantitative estimate of drug-likeness (QED) is 0.581. The van der Waals surface area contributed by atoms with Crippen LogP contribution >= 0.6 is 23.2 Å². The van der Waals surface area contributed by atoms with Crippen molar-refractivity contribution >= 4 is 39.1 Å². The van der Waals surface area contributed by atoms with Gasteiger partial charge in [0.15, 0.2) is 0 Å². The van der Waals surface area contributed by atoms with Gasteiger partial charge in [-0.25, -0.2) is 8.42 Å². The fourth-order valence-electron chi connectivity index (χ4n) is 2.45. The Balaban J connectivity index is 2.31. The summed E-state index contributed by atoms with van der Waals surface area (Å²) < 4.78 is 27.3. The number of benzene rings is 2. The topological polar surface area (TPSA) is 86.7 Å². The Morgan fingerprint density at radius 3 is 2.43 bits per heavy atom. The molecule has 2 aromatic carbocycles. The summed E-state index contributed by atoms with van der Waals surface area (Å²) >= 11 is 12.1. The van der Waals surface area contributed by atoms with Gasteiger partial charge in [0.25, 0.3) is 0 Å². The van der Waals surface area contributed by atoms with E-state index in [2.05, 4.69) is 5.32 Å². The highest BCUT2D eigenvalue weighted by Crippen LogP contribution is 2.25. The fraction of sp³-hybridized carbons (Fsp3) is 0.316. The van der Waals surface area contributed by atoms with Gasteiger partial charge in [0.1, 0.15) is 0 Å². The van der Waals surface area contributed by atoms with Crippen molar-refractivity contribution in [3.05, 3.63) is 63.6 Å². The van der Waals surface area contributed by atoms with Crippen LogP contribution in [0.3, 0.4) is 0 Å². The molecule has 0 saturated heterocycles. The predicted molar refractivity (Wildman–Crippen MR) is 110 cm³/mol. The summed E-state index contributed by atoms with van der Waals surface area (Å²) in [5, 5.41) is 12.2. The van der Waals surface area contributed by atoms with Crippen LogP contribution < -0.4 is 5.32 Å². The molecule has 0 bridgehead atoms. The Hall–Kier alpha value is -1.64. The lowest BCUT2D eigenvalue weighted by atomic mass is 10.2. The molecule has 152 valence electrons. The van der Waals surface area contributed by atoms with E-state index >= 15 is 0 Å². The average Bonchev–Trinajstić information content (AvgIpc) is 2.63. The lowest BCUT2D eigenvalue weighted by molar-refractivity contribution is -0.121. The van der Waals surface area contributed by atoms with E-state index in [4.69, 9.17) is 28.3 Å². The van der Waals surface area contributed by atoms with Crippen molar-refractivity contribution in [3.63, 3.8) is 0 Å². The van der Waals surface area contributed by atoms with Gasteiger partial charge in [-0.15, -0.1) is 0 Å². The molecule has 1 amide bonds. The molecule has 0 unspecified atom stereocenters. The van der Waals surface area contributed by atoms with Gasteiger partial charge in [-0.2, -0.15) is 4.31 Å². The molecule has 2 N–H and O–H groups in total. The molecule has 2 aromatic rings. The van der Waals surface area contributed by atoms with E-state index in [0.717, 1.165) is 9.87 Å². The molecule has 0 radical (unpaired) electrons. The molecule has 0 aliphatic carbocycles. The summed E-state index contributed by atoms with van der Waals surface area (Å²) in [6.07, 6.45) is 0.388. The minimum absolute atomic E-state index is 0.0635. The minimum Gasteiger partial charge on any atom is -0.396 e. The summed E-state index contributed by atoms with van der Waals surface area (Å²) in [6, 6.07) is 11.2. The van der Waals surface area contributed by atoms with Crippen LogP contribution in [0.2, 0.25) is 10.0 Å². The zero-order valence-electron chi connectivity index (χ0n) is 15.4. The maximum absolute atomic E-state index is 13.1. The van der Waals surface area contributed by atoms with Gasteiger partial charge in [0.2, 0.25) is 15.9 Å². The number of rotatable bonds is 9. The number of halogens is 2. The predicted octanol–water partition coefficient (Wildman–Crippen LogP) is 2.99. The Morgan fingerprint density at radius 2 is 1.82 bits per heavy atom. The number of aryl methyl sites for hydroxylation is 1. The SMILES string of the molecule is Cc1ccc(S(=O)(=O)N(CC(=O)NCCCO)Cc2ccc(Cl)cc2Cl)cc1. The third kappa shape index (κ3) is 6.18. The number of aliphatic hydroxyl groups is 1. The molecule has 0 atom stereocenters. The third-order valence-corrected chi connectivity index (χ3v) is 6.39. The monoisotopic (exact) mass is 444 g/mol. The van der Waals surface area contributed by atoms with Gasteiger partial charge in [0.05, 0.1) is 11.4 Å². The van der Waals surface area contributed by atoms with Crippen LogP contribution in [-0.4, -0.2) is 43.4 Å². The van der Waals surface area contributed by atoms with Crippen molar-refractivity contribution in [2.45, 2.75) is 24.8 Å². The zero-order chi connectivity index (χ0) is 20.7.